The fraction of sp³-hybridized carbons (Fsp3) is 0.182. The van der Waals surface area contributed by atoms with E-state index in [2.05, 4.69) is 147 Å². The minimum Gasteiger partial charge on any atom is -1.00 e. The van der Waals surface area contributed by atoms with Crippen LogP contribution in [0.2, 0.25) is 8.26 Å². The molecule has 1 aliphatic heterocycles. The molecule has 1 heterocycles. The molecule has 0 nitrogen and oxygen atoms in total. The average Bonchev–Trinajstić information content (AvgIpc) is 3.71. The van der Waals surface area contributed by atoms with Crippen LogP contribution in [-0.2, 0) is 20.3 Å². The van der Waals surface area contributed by atoms with Gasteiger partial charge < -0.3 is 24.8 Å². The molecule has 6 aromatic carbocycles. The fourth-order valence-electron chi connectivity index (χ4n) is 9.45. The van der Waals surface area contributed by atoms with Crippen LogP contribution >= 0.6 is 0 Å². The van der Waals surface area contributed by atoms with Crippen molar-refractivity contribution in [3.05, 3.63) is 178 Å². The van der Waals surface area contributed by atoms with Crippen molar-refractivity contribution in [1.82, 2.24) is 0 Å². The molecule has 2 atom stereocenters. The molecule has 0 N–H and O–H groups in total. The Morgan fingerprint density at radius 2 is 0.809 bits per heavy atom. The minimum atomic E-state index is -2.90. The molecule has 2 aliphatic carbocycles. The first-order valence-corrected chi connectivity index (χ1v) is 23.2. The number of rotatable bonds is 6. The second-order valence-corrected chi connectivity index (χ2v) is 24.7. The SMILES string of the molecule is CCC1=C(c2cccc3ccccc23)c2ccccc2[CH]1[Zr+2]1([CH]2C(CC)=C(c3cccc4ccccc34)c3ccccc32)[CH2][CH2]1.[Cl-].[Cl-]. The van der Waals surface area contributed by atoms with Gasteiger partial charge in [-0.05, 0) is 0 Å². The second kappa shape index (κ2) is 12.7. The summed E-state index contributed by atoms with van der Waals surface area (Å²) in [5, 5.41) is 5.44. The van der Waals surface area contributed by atoms with Crippen LogP contribution in [0.5, 0.6) is 0 Å². The largest absolute Gasteiger partial charge is 1.00 e. The standard InChI is InChI=1S/2C21H17.C2H4.2ClH.Zr/c2*1-2-15-14-17-9-4-6-12-19(17)21(15)20-13-7-10-16-8-3-5-11-18(16)20;1-2;;;/h2*3-14H,2H2,1H3;1-2H2;2*1H;/q;;;;;+2/p-2. The van der Waals surface area contributed by atoms with Crippen molar-refractivity contribution in [1.29, 1.82) is 0 Å². The van der Waals surface area contributed by atoms with Gasteiger partial charge in [0.1, 0.15) is 0 Å². The quantitative estimate of drug-likeness (QED) is 0.191. The number of halogens is 2. The van der Waals surface area contributed by atoms with Crippen LogP contribution in [0.25, 0.3) is 32.7 Å². The molecule has 0 bridgehead atoms. The van der Waals surface area contributed by atoms with E-state index in [9.17, 15) is 0 Å². The predicted molar refractivity (Wildman–Crippen MR) is 189 cm³/mol. The Balaban J connectivity index is 0.00000176. The molecule has 1 saturated heterocycles. The fourth-order valence-corrected chi connectivity index (χ4v) is 27.4. The van der Waals surface area contributed by atoms with Gasteiger partial charge in [-0.2, -0.15) is 0 Å². The summed E-state index contributed by atoms with van der Waals surface area (Å²) in [6, 6.07) is 50.9. The summed E-state index contributed by atoms with van der Waals surface area (Å²) >= 11 is -2.90. The van der Waals surface area contributed by atoms with Crippen molar-refractivity contribution < 1.29 is 45.1 Å². The number of benzene rings is 6. The molecule has 1 fully saturated rings. The zero-order chi connectivity index (χ0) is 30.1. The number of fused-ring (bicyclic) bond motifs is 4. The van der Waals surface area contributed by atoms with Crippen molar-refractivity contribution in [2.24, 2.45) is 0 Å². The topological polar surface area (TPSA) is 0 Å². The van der Waals surface area contributed by atoms with Crippen LogP contribution in [-0.4, -0.2) is 0 Å². The van der Waals surface area contributed by atoms with Crippen LogP contribution < -0.4 is 24.8 Å². The third-order valence-electron chi connectivity index (χ3n) is 11.3. The van der Waals surface area contributed by atoms with Gasteiger partial charge in [-0.1, -0.05) is 0 Å². The van der Waals surface area contributed by atoms with Crippen molar-refractivity contribution in [2.75, 3.05) is 0 Å². The molecule has 0 aromatic heterocycles. The Labute approximate surface area is 295 Å². The van der Waals surface area contributed by atoms with Crippen molar-refractivity contribution in [2.45, 2.75) is 42.2 Å². The van der Waals surface area contributed by atoms with E-state index < -0.39 is 20.3 Å². The zero-order valence-corrected chi connectivity index (χ0v) is 30.9. The third-order valence-corrected chi connectivity index (χ3v) is 24.2. The number of hydrogen-bond donors (Lipinski definition) is 0. The molecule has 232 valence electrons. The van der Waals surface area contributed by atoms with Gasteiger partial charge in [0, 0.05) is 0 Å². The summed E-state index contributed by atoms with van der Waals surface area (Å²) < 4.78 is 4.21. The van der Waals surface area contributed by atoms with E-state index >= 15 is 0 Å². The van der Waals surface area contributed by atoms with Crippen molar-refractivity contribution >= 4 is 32.7 Å². The molecule has 0 spiro atoms. The molecule has 6 aromatic rings. The van der Waals surface area contributed by atoms with Gasteiger partial charge in [0.15, 0.2) is 0 Å². The molecule has 0 radical (unpaired) electrons. The summed E-state index contributed by atoms with van der Waals surface area (Å²) in [5.74, 6) is 0. The smallest absolute Gasteiger partial charge is 1.00 e. The van der Waals surface area contributed by atoms with E-state index in [1.165, 1.54) is 52.1 Å². The van der Waals surface area contributed by atoms with Crippen LogP contribution in [0, 0.1) is 0 Å². The Morgan fingerprint density at radius 1 is 0.447 bits per heavy atom. The maximum atomic E-state index is 2.51. The molecule has 3 aliphatic rings. The van der Waals surface area contributed by atoms with Crippen molar-refractivity contribution in [3.63, 3.8) is 0 Å². The van der Waals surface area contributed by atoms with E-state index in [1.807, 2.05) is 0 Å². The Bertz CT molecular complexity index is 2050. The first-order valence-electron chi connectivity index (χ1n) is 16.9. The summed E-state index contributed by atoms with van der Waals surface area (Å²) in [6.07, 6.45) is 2.23. The van der Waals surface area contributed by atoms with Crippen LogP contribution in [0.15, 0.2) is 145 Å². The summed E-state index contributed by atoms with van der Waals surface area (Å²) in [4.78, 5) is 0. The first kappa shape index (κ1) is 32.3. The molecular weight excluding hydrogens is 691 g/mol. The summed E-state index contributed by atoms with van der Waals surface area (Å²) in [5.41, 5.74) is 15.7. The molecule has 2 unspecified atom stereocenters. The monoisotopic (exact) mass is 726 g/mol. The Hall–Kier alpha value is -3.22. The van der Waals surface area contributed by atoms with Crippen molar-refractivity contribution in [3.8, 4) is 0 Å². The van der Waals surface area contributed by atoms with Gasteiger partial charge >= 0.3 is 273 Å². The van der Waals surface area contributed by atoms with E-state index in [0.717, 1.165) is 12.8 Å². The number of allylic oxidation sites excluding steroid dienone is 2. The molecule has 0 saturated carbocycles. The van der Waals surface area contributed by atoms with E-state index in [0.29, 0.717) is 7.25 Å². The molecule has 3 heteroatoms. The number of hydrogen-bond acceptors (Lipinski definition) is 0. The predicted octanol–water partition coefficient (Wildman–Crippen LogP) is 6.24. The van der Waals surface area contributed by atoms with E-state index in [1.54, 1.807) is 33.4 Å². The van der Waals surface area contributed by atoms with Gasteiger partial charge in [0.2, 0.25) is 0 Å². The van der Waals surface area contributed by atoms with Gasteiger partial charge in [0.25, 0.3) is 0 Å². The minimum absolute atomic E-state index is 0. The van der Waals surface area contributed by atoms with Crippen LogP contribution in [0.4, 0.5) is 0 Å². The normalized spacial score (nSPS) is 18.3. The van der Waals surface area contributed by atoms with Gasteiger partial charge in [-0.15, -0.1) is 0 Å². The van der Waals surface area contributed by atoms with E-state index in [4.69, 9.17) is 0 Å². The van der Waals surface area contributed by atoms with Crippen LogP contribution in [0.1, 0.15) is 67.3 Å². The molecular formula is C44H38Cl2Zr. The second-order valence-electron chi connectivity index (χ2n) is 13.3. The Kier molecular flexibility index (Phi) is 8.72. The molecule has 9 rings (SSSR count). The van der Waals surface area contributed by atoms with E-state index in [-0.39, 0.29) is 24.8 Å². The van der Waals surface area contributed by atoms with Gasteiger partial charge in [-0.3, -0.25) is 0 Å². The maximum Gasteiger partial charge on any atom is -1.00 e. The average molecular weight is 729 g/mol. The van der Waals surface area contributed by atoms with Gasteiger partial charge in [0.05, 0.1) is 0 Å². The van der Waals surface area contributed by atoms with Crippen LogP contribution in [0.3, 0.4) is 0 Å². The van der Waals surface area contributed by atoms with Gasteiger partial charge in [-0.25, -0.2) is 0 Å². The Morgan fingerprint density at radius 3 is 1.23 bits per heavy atom. The maximum absolute atomic E-state index is 2.90. The molecule has 0 amide bonds. The zero-order valence-electron chi connectivity index (χ0n) is 26.9. The summed E-state index contributed by atoms with van der Waals surface area (Å²) in [7, 11) is 0. The first-order chi connectivity index (χ1) is 22.2. The molecule has 47 heavy (non-hydrogen) atoms. The third kappa shape index (κ3) is 4.80. The summed E-state index contributed by atoms with van der Waals surface area (Å²) in [6.45, 7) is 4.87.